The van der Waals surface area contributed by atoms with Crippen molar-refractivity contribution in [3.8, 4) is 0 Å². The number of piperazine rings is 1. The van der Waals surface area contributed by atoms with Crippen molar-refractivity contribution >= 4 is 23.2 Å². The van der Waals surface area contributed by atoms with Crippen molar-refractivity contribution in [2.75, 3.05) is 31.1 Å². The van der Waals surface area contributed by atoms with Gasteiger partial charge in [-0.3, -0.25) is 4.79 Å². The van der Waals surface area contributed by atoms with Gasteiger partial charge in [0.25, 0.3) is 5.91 Å². The first-order valence-electron chi connectivity index (χ1n) is 7.92. The fraction of sp³-hybridized carbons (Fsp3) is 0.316. The molecule has 0 unspecified atom stereocenters. The van der Waals surface area contributed by atoms with Crippen LogP contribution in [0.15, 0.2) is 42.5 Å². The molecule has 0 bridgehead atoms. The van der Waals surface area contributed by atoms with Crippen molar-refractivity contribution in [3.05, 3.63) is 64.2 Å². The van der Waals surface area contributed by atoms with Crippen LogP contribution in [0.5, 0.6) is 0 Å². The summed E-state index contributed by atoms with van der Waals surface area (Å²) in [5.74, 6) is 0.0854. The molecule has 1 heterocycles. The van der Waals surface area contributed by atoms with E-state index < -0.39 is 0 Å². The molecule has 23 heavy (non-hydrogen) atoms. The number of nitrogens with zero attached hydrogens (tertiary/aromatic N) is 2. The number of hydrogen-bond acceptors (Lipinski definition) is 2. The average Bonchev–Trinajstić information content (AvgIpc) is 2.58. The quantitative estimate of drug-likeness (QED) is 0.834. The summed E-state index contributed by atoms with van der Waals surface area (Å²) in [4.78, 5) is 16.8. The van der Waals surface area contributed by atoms with E-state index in [1.54, 1.807) is 24.3 Å². The number of anilines is 1. The third-order valence-corrected chi connectivity index (χ3v) is 4.83. The van der Waals surface area contributed by atoms with Crippen LogP contribution in [0.3, 0.4) is 0 Å². The van der Waals surface area contributed by atoms with Gasteiger partial charge in [0.1, 0.15) is 0 Å². The fourth-order valence-corrected chi connectivity index (χ4v) is 3.13. The van der Waals surface area contributed by atoms with E-state index in [4.69, 9.17) is 11.6 Å². The lowest BCUT2D eigenvalue weighted by Crippen LogP contribution is -2.49. The molecule has 1 fully saturated rings. The first-order valence-corrected chi connectivity index (χ1v) is 8.30. The van der Waals surface area contributed by atoms with Crippen LogP contribution in [-0.2, 0) is 0 Å². The van der Waals surface area contributed by atoms with Crippen LogP contribution in [0.4, 0.5) is 5.69 Å². The number of amides is 1. The van der Waals surface area contributed by atoms with Gasteiger partial charge in [-0.1, -0.05) is 23.7 Å². The first-order chi connectivity index (χ1) is 11.1. The molecule has 3 nitrogen and oxygen atoms in total. The zero-order chi connectivity index (χ0) is 16.4. The predicted octanol–water partition coefficient (Wildman–Crippen LogP) is 3.92. The van der Waals surface area contributed by atoms with Gasteiger partial charge in [-0.05, 0) is 55.3 Å². The van der Waals surface area contributed by atoms with Crippen molar-refractivity contribution in [3.63, 3.8) is 0 Å². The Hall–Kier alpha value is -2.00. The van der Waals surface area contributed by atoms with Crippen LogP contribution in [0.2, 0.25) is 5.02 Å². The minimum Gasteiger partial charge on any atom is -0.368 e. The number of aryl methyl sites for hydroxylation is 1. The van der Waals surface area contributed by atoms with Crippen LogP contribution in [0.25, 0.3) is 0 Å². The summed E-state index contributed by atoms with van der Waals surface area (Å²) in [5.41, 5.74) is 4.62. The summed E-state index contributed by atoms with van der Waals surface area (Å²) >= 11 is 5.89. The molecule has 0 aromatic heterocycles. The summed E-state index contributed by atoms with van der Waals surface area (Å²) < 4.78 is 0. The Morgan fingerprint density at radius 2 is 1.61 bits per heavy atom. The van der Waals surface area contributed by atoms with Gasteiger partial charge in [0.05, 0.1) is 0 Å². The second kappa shape index (κ2) is 6.63. The van der Waals surface area contributed by atoms with Crippen molar-refractivity contribution in [1.82, 2.24) is 4.90 Å². The van der Waals surface area contributed by atoms with Crippen LogP contribution < -0.4 is 4.90 Å². The maximum Gasteiger partial charge on any atom is 0.253 e. The predicted molar refractivity (Wildman–Crippen MR) is 95.5 cm³/mol. The van der Waals surface area contributed by atoms with Gasteiger partial charge in [-0.2, -0.15) is 0 Å². The third-order valence-electron chi connectivity index (χ3n) is 4.57. The molecule has 3 rings (SSSR count). The number of carbonyl (C=O) groups excluding carboxylic acids is 1. The number of benzene rings is 2. The fourth-order valence-electron chi connectivity index (χ4n) is 3.00. The van der Waals surface area contributed by atoms with Crippen LogP contribution >= 0.6 is 11.6 Å². The van der Waals surface area contributed by atoms with Gasteiger partial charge in [0.2, 0.25) is 0 Å². The molecule has 1 amide bonds. The Labute approximate surface area is 142 Å². The Morgan fingerprint density at radius 1 is 0.957 bits per heavy atom. The summed E-state index contributed by atoms with van der Waals surface area (Å²) in [5, 5.41) is 0.654. The molecule has 4 heteroatoms. The van der Waals surface area contributed by atoms with Gasteiger partial charge >= 0.3 is 0 Å². The normalized spacial score (nSPS) is 14.9. The second-order valence-corrected chi connectivity index (χ2v) is 6.44. The van der Waals surface area contributed by atoms with Gasteiger partial charge in [0, 0.05) is 42.5 Å². The van der Waals surface area contributed by atoms with E-state index in [1.165, 1.54) is 16.8 Å². The van der Waals surface area contributed by atoms with Gasteiger partial charge < -0.3 is 9.80 Å². The highest BCUT2D eigenvalue weighted by molar-refractivity contribution is 6.30. The van der Waals surface area contributed by atoms with Crippen molar-refractivity contribution in [2.24, 2.45) is 0 Å². The lowest BCUT2D eigenvalue weighted by Gasteiger charge is -2.37. The summed E-state index contributed by atoms with van der Waals surface area (Å²) in [6, 6.07) is 13.5. The summed E-state index contributed by atoms with van der Waals surface area (Å²) in [6.07, 6.45) is 0. The zero-order valence-corrected chi connectivity index (χ0v) is 14.3. The summed E-state index contributed by atoms with van der Waals surface area (Å²) in [7, 11) is 0. The molecule has 2 aromatic carbocycles. The molecule has 0 atom stereocenters. The summed E-state index contributed by atoms with van der Waals surface area (Å²) in [6.45, 7) is 7.52. The number of halogens is 1. The van der Waals surface area contributed by atoms with Crippen LogP contribution in [-0.4, -0.2) is 37.0 Å². The number of hydrogen-bond donors (Lipinski definition) is 0. The zero-order valence-electron chi connectivity index (χ0n) is 13.6. The van der Waals surface area contributed by atoms with Crippen molar-refractivity contribution in [2.45, 2.75) is 13.8 Å². The second-order valence-electron chi connectivity index (χ2n) is 6.01. The van der Waals surface area contributed by atoms with Crippen molar-refractivity contribution < 1.29 is 4.79 Å². The van der Waals surface area contributed by atoms with Crippen LogP contribution in [0.1, 0.15) is 21.5 Å². The minimum atomic E-state index is 0.0854. The van der Waals surface area contributed by atoms with Gasteiger partial charge in [-0.15, -0.1) is 0 Å². The maximum absolute atomic E-state index is 12.5. The minimum absolute atomic E-state index is 0.0854. The molecule has 1 aliphatic rings. The van der Waals surface area contributed by atoms with Gasteiger partial charge in [-0.25, -0.2) is 0 Å². The molecule has 0 N–H and O–H groups in total. The number of carbonyl (C=O) groups is 1. The molecule has 2 aromatic rings. The molecule has 0 saturated carbocycles. The van der Waals surface area contributed by atoms with Crippen molar-refractivity contribution in [1.29, 1.82) is 0 Å². The largest absolute Gasteiger partial charge is 0.368 e. The molecular weight excluding hydrogens is 308 g/mol. The highest BCUT2D eigenvalue weighted by Crippen LogP contribution is 2.24. The molecule has 0 radical (unpaired) electrons. The van der Waals surface area contributed by atoms with E-state index in [9.17, 15) is 4.79 Å². The molecular formula is C19H21ClN2O. The van der Waals surface area contributed by atoms with Crippen LogP contribution in [0, 0.1) is 13.8 Å². The molecule has 1 aliphatic heterocycles. The smallest absolute Gasteiger partial charge is 0.253 e. The average molecular weight is 329 g/mol. The van der Waals surface area contributed by atoms with E-state index in [2.05, 4.69) is 36.9 Å². The monoisotopic (exact) mass is 328 g/mol. The topological polar surface area (TPSA) is 23.6 Å². The van der Waals surface area contributed by atoms with E-state index in [0.29, 0.717) is 10.6 Å². The lowest BCUT2D eigenvalue weighted by atomic mass is 10.1. The first kappa shape index (κ1) is 15.9. The standard InChI is InChI=1S/C19H21ClN2O/c1-14-4-3-5-18(15(14)2)21-10-12-22(13-11-21)19(23)16-6-8-17(20)9-7-16/h3-9H,10-13H2,1-2H3. The van der Waals surface area contributed by atoms with E-state index in [0.717, 1.165) is 26.2 Å². The van der Waals surface area contributed by atoms with E-state index in [-0.39, 0.29) is 5.91 Å². The Kier molecular flexibility index (Phi) is 4.58. The molecule has 1 saturated heterocycles. The number of rotatable bonds is 2. The van der Waals surface area contributed by atoms with E-state index in [1.807, 2.05) is 4.90 Å². The molecule has 0 spiro atoms. The SMILES string of the molecule is Cc1cccc(N2CCN(C(=O)c3ccc(Cl)cc3)CC2)c1C. The highest BCUT2D eigenvalue weighted by atomic mass is 35.5. The Balaban J connectivity index is 1.67. The van der Waals surface area contributed by atoms with E-state index >= 15 is 0 Å². The lowest BCUT2D eigenvalue weighted by molar-refractivity contribution is 0.0747. The molecule has 120 valence electrons. The molecule has 0 aliphatic carbocycles. The Bertz CT molecular complexity index is 704. The third kappa shape index (κ3) is 3.35. The Morgan fingerprint density at radius 3 is 2.26 bits per heavy atom. The van der Waals surface area contributed by atoms with Gasteiger partial charge in [0.15, 0.2) is 0 Å². The highest BCUT2D eigenvalue weighted by Gasteiger charge is 2.23. The maximum atomic E-state index is 12.5.